The Morgan fingerprint density at radius 1 is 1.00 bits per heavy atom. The molecule has 0 heterocycles. The van der Waals surface area contributed by atoms with Crippen molar-refractivity contribution in [1.82, 2.24) is 0 Å². The average Bonchev–Trinajstić information content (AvgIpc) is 1.69. The Bertz CT molecular complexity index is 134. The van der Waals surface area contributed by atoms with Crippen molar-refractivity contribution in [2.45, 2.75) is 6.92 Å². The molecular weight excluding hydrogens is 265 g/mol. The van der Waals surface area contributed by atoms with Crippen molar-refractivity contribution in [3.63, 3.8) is 0 Å². The fourth-order valence-corrected chi connectivity index (χ4v) is 0.534. The minimum absolute atomic E-state index is 0. The van der Waals surface area contributed by atoms with Crippen LogP contribution in [0.3, 0.4) is 0 Å². The van der Waals surface area contributed by atoms with Crippen LogP contribution in [-0.4, -0.2) is 0 Å². The van der Waals surface area contributed by atoms with Gasteiger partial charge in [-0.15, -0.1) is 0 Å². The molecule has 0 aromatic heterocycles. The fourth-order valence-electron chi connectivity index (χ4n) is 0.534. The molecule has 0 saturated carbocycles. The molecule has 41 valence electrons. The molecule has 8 heavy (non-hydrogen) atoms. The van der Waals surface area contributed by atoms with E-state index in [1.165, 1.54) is 5.56 Å². The van der Waals surface area contributed by atoms with E-state index in [1.54, 1.807) is 0 Å². The van der Waals surface area contributed by atoms with Gasteiger partial charge in [-0.05, 0) is 6.92 Å². The summed E-state index contributed by atoms with van der Waals surface area (Å²) in [5.41, 5.74) is 1.32. The molecule has 0 aliphatic carbocycles. The average molecular weight is 273 g/mol. The Morgan fingerprint density at radius 3 is 1.75 bits per heavy atom. The smallest absolute Gasteiger partial charge is 0 e. The molecule has 1 aromatic rings. The number of rotatable bonds is 0. The summed E-state index contributed by atoms with van der Waals surface area (Å²) in [5.74, 6) is 0. The van der Waals surface area contributed by atoms with Gasteiger partial charge in [-0.3, -0.25) is 0 Å². The molecule has 0 nitrogen and oxygen atoms in total. The van der Waals surface area contributed by atoms with Gasteiger partial charge in [0.15, 0.2) is 0 Å². The summed E-state index contributed by atoms with van der Waals surface area (Å²) in [5, 5.41) is 0. The first kappa shape index (κ1) is 7.96. The van der Waals surface area contributed by atoms with Gasteiger partial charge in [0.25, 0.3) is 0 Å². The fraction of sp³-hybridized carbons (Fsp3) is 0.143. The molecule has 0 atom stereocenters. The quantitative estimate of drug-likeness (QED) is 0.678. The molecule has 1 heteroatoms. The monoisotopic (exact) mass is 273 g/mol. The third kappa shape index (κ3) is 2.31. The van der Waals surface area contributed by atoms with Gasteiger partial charge in [0, 0.05) is 22.4 Å². The molecule has 1 radical (unpaired) electrons. The van der Waals surface area contributed by atoms with E-state index >= 15 is 0 Å². The zero-order valence-corrected chi connectivity index (χ0v) is 8.05. The van der Waals surface area contributed by atoms with E-state index in [9.17, 15) is 0 Å². The molecule has 0 saturated heterocycles. The summed E-state index contributed by atoms with van der Waals surface area (Å²) in [6.07, 6.45) is 0. The van der Waals surface area contributed by atoms with Crippen molar-refractivity contribution < 1.29 is 22.4 Å². The molecule has 1 aromatic carbocycles. The first-order chi connectivity index (χ1) is 3.39. The largest absolute Gasteiger partial charge is 0.0622 e. The number of hydrogen-bond acceptors (Lipinski definition) is 0. The predicted octanol–water partition coefficient (Wildman–Crippen LogP) is 1.99. The van der Waals surface area contributed by atoms with Crippen molar-refractivity contribution in [3.05, 3.63) is 35.9 Å². The molecule has 0 fully saturated rings. The van der Waals surface area contributed by atoms with Crippen LogP contribution in [0.25, 0.3) is 0 Å². The maximum atomic E-state index is 2.08. The van der Waals surface area contributed by atoms with E-state index < -0.39 is 0 Å². The third-order valence-corrected chi connectivity index (χ3v) is 0.940. The van der Waals surface area contributed by atoms with Crippen LogP contribution in [-0.2, 0) is 22.4 Å². The minimum atomic E-state index is 0. The number of benzene rings is 1. The predicted molar refractivity (Wildman–Crippen MR) is 31.2 cm³/mol. The van der Waals surface area contributed by atoms with E-state index in [-0.39, 0.29) is 22.4 Å². The summed E-state index contributed by atoms with van der Waals surface area (Å²) >= 11 is 0. The maximum Gasteiger partial charge on any atom is 0 e. The van der Waals surface area contributed by atoms with Crippen LogP contribution in [0, 0.1) is 6.92 Å². The molecule has 0 amide bonds. The van der Waals surface area contributed by atoms with Gasteiger partial charge >= 0.3 is 0 Å². The molecule has 1 rings (SSSR count). The summed E-state index contributed by atoms with van der Waals surface area (Å²) in [6, 6.07) is 10.3. The molecule has 0 spiro atoms. The zero-order valence-electron chi connectivity index (χ0n) is 4.83. The van der Waals surface area contributed by atoms with E-state index in [1.807, 2.05) is 18.2 Å². The van der Waals surface area contributed by atoms with Crippen LogP contribution < -0.4 is 0 Å². The van der Waals surface area contributed by atoms with Crippen LogP contribution in [0.4, 0.5) is 0 Å². The second-order valence-electron chi connectivity index (χ2n) is 1.65. The minimum Gasteiger partial charge on any atom is -0.0622 e. The Morgan fingerprint density at radius 2 is 1.50 bits per heavy atom. The zero-order chi connectivity index (χ0) is 5.11. The third-order valence-electron chi connectivity index (χ3n) is 0.940. The van der Waals surface area contributed by atoms with E-state index in [0.29, 0.717) is 0 Å². The Labute approximate surface area is 65.4 Å². The molecule has 0 aliphatic heterocycles. The first-order valence-corrected chi connectivity index (χ1v) is 2.41. The van der Waals surface area contributed by atoms with E-state index in [0.717, 1.165) is 0 Å². The normalized spacial score (nSPS) is 7.62. The Balaban J connectivity index is 0.000000490. The van der Waals surface area contributed by atoms with Crippen molar-refractivity contribution >= 4 is 0 Å². The van der Waals surface area contributed by atoms with Crippen molar-refractivity contribution in [2.24, 2.45) is 0 Å². The molecule has 0 unspecified atom stereocenters. The summed E-state index contributed by atoms with van der Waals surface area (Å²) in [4.78, 5) is 0. The SMILES string of the molecule is Cc1ccccc1.[Ta]. The van der Waals surface area contributed by atoms with Crippen molar-refractivity contribution in [3.8, 4) is 0 Å². The second kappa shape index (κ2) is 3.90. The van der Waals surface area contributed by atoms with E-state index in [2.05, 4.69) is 19.1 Å². The molecule has 0 N–H and O–H groups in total. The van der Waals surface area contributed by atoms with Gasteiger partial charge in [0.1, 0.15) is 0 Å². The van der Waals surface area contributed by atoms with Crippen LogP contribution in [0.1, 0.15) is 5.56 Å². The Hall–Kier alpha value is -0.0397. The van der Waals surface area contributed by atoms with Crippen LogP contribution >= 0.6 is 0 Å². The van der Waals surface area contributed by atoms with Crippen LogP contribution in [0.2, 0.25) is 0 Å². The topological polar surface area (TPSA) is 0 Å². The summed E-state index contributed by atoms with van der Waals surface area (Å²) < 4.78 is 0. The van der Waals surface area contributed by atoms with Crippen LogP contribution in [0.5, 0.6) is 0 Å². The molecule has 0 bridgehead atoms. The molecule has 0 aliphatic rings. The Kier molecular flexibility index (Phi) is 3.88. The summed E-state index contributed by atoms with van der Waals surface area (Å²) in [7, 11) is 0. The maximum absolute atomic E-state index is 2.08. The standard InChI is InChI=1S/C7H8.Ta/c1-7-5-3-2-4-6-7;/h2-6H,1H3;. The second-order valence-corrected chi connectivity index (χ2v) is 1.65. The van der Waals surface area contributed by atoms with Gasteiger partial charge in [-0.25, -0.2) is 0 Å². The van der Waals surface area contributed by atoms with Gasteiger partial charge in [0.2, 0.25) is 0 Å². The van der Waals surface area contributed by atoms with Gasteiger partial charge in [0.05, 0.1) is 0 Å². The van der Waals surface area contributed by atoms with Crippen molar-refractivity contribution in [1.29, 1.82) is 0 Å². The first-order valence-electron chi connectivity index (χ1n) is 2.41. The van der Waals surface area contributed by atoms with Gasteiger partial charge in [-0.1, -0.05) is 35.9 Å². The van der Waals surface area contributed by atoms with E-state index in [4.69, 9.17) is 0 Å². The van der Waals surface area contributed by atoms with Crippen molar-refractivity contribution in [2.75, 3.05) is 0 Å². The van der Waals surface area contributed by atoms with Gasteiger partial charge in [-0.2, -0.15) is 0 Å². The van der Waals surface area contributed by atoms with Crippen LogP contribution in [0.15, 0.2) is 30.3 Å². The molecular formula is C7H8Ta. The summed E-state index contributed by atoms with van der Waals surface area (Å²) in [6.45, 7) is 2.08. The number of hydrogen-bond donors (Lipinski definition) is 0. The van der Waals surface area contributed by atoms with Gasteiger partial charge < -0.3 is 0 Å². The number of aryl methyl sites for hydroxylation is 1.